The fourth-order valence-corrected chi connectivity index (χ4v) is 1.97. The molecule has 3 aromatic rings. The Labute approximate surface area is 90.6 Å². The maximum Gasteiger partial charge on any atom is 0.179 e. The third-order valence-electron chi connectivity index (χ3n) is 2.89. The summed E-state index contributed by atoms with van der Waals surface area (Å²) in [5, 5.41) is 12.7. The molecule has 1 atom stereocenters. The van der Waals surface area contributed by atoms with Gasteiger partial charge in [0.05, 0.1) is 12.1 Å². The van der Waals surface area contributed by atoms with Gasteiger partial charge in [0.25, 0.3) is 0 Å². The summed E-state index contributed by atoms with van der Waals surface area (Å²) in [7, 11) is 0. The van der Waals surface area contributed by atoms with E-state index in [2.05, 4.69) is 27.7 Å². The molecule has 1 fully saturated rings. The van der Waals surface area contributed by atoms with Crippen molar-refractivity contribution in [1.82, 2.24) is 20.0 Å². The molecule has 0 radical (unpaired) electrons. The molecule has 0 unspecified atom stereocenters. The number of aromatic nitrogens is 4. The molecule has 1 aromatic carbocycles. The van der Waals surface area contributed by atoms with E-state index < -0.39 is 0 Å². The second-order valence-corrected chi connectivity index (χ2v) is 3.92. The SMILES string of the molecule is c1cc2c(ccc3nnnn32)cc1[C@H]1CO1. The minimum absolute atomic E-state index is 0.286. The van der Waals surface area contributed by atoms with Crippen molar-refractivity contribution in [3.8, 4) is 0 Å². The molecular weight excluding hydrogens is 204 g/mol. The highest BCUT2D eigenvalue weighted by Crippen LogP contribution is 2.31. The molecule has 0 bridgehead atoms. The summed E-state index contributed by atoms with van der Waals surface area (Å²) in [5.74, 6) is 0. The molecule has 1 saturated heterocycles. The molecule has 4 rings (SSSR count). The van der Waals surface area contributed by atoms with Crippen LogP contribution in [0.2, 0.25) is 0 Å². The molecule has 0 aliphatic carbocycles. The lowest BCUT2D eigenvalue weighted by atomic mass is 10.1. The summed E-state index contributed by atoms with van der Waals surface area (Å²) < 4.78 is 7.01. The van der Waals surface area contributed by atoms with E-state index in [0.29, 0.717) is 0 Å². The molecule has 0 spiro atoms. The number of hydrogen-bond donors (Lipinski definition) is 0. The van der Waals surface area contributed by atoms with Crippen molar-refractivity contribution in [2.45, 2.75) is 6.10 Å². The zero-order valence-corrected chi connectivity index (χ0v) is 8.37. The zero-order valence-electron chi connectivity index (χ0n) is 8.37. The van der Waals surface area contributed by atoms with Gasteiger partial charge in [0.1, 0.15) is 6.10 Å². The van der Waals surface area contributed by atoms with Gasteiger partial charge < -0.3 is 4.74 Å². The molecule has 1 aliphatic rings. The first-order valence-electron chi connectivity index (χ1n) is 5.14. The lowest BCUT2D eigenvalue weighted by Gasteiger charge is -2.01. The number of hydrogen-bond acceptors (Lipinski definition) is 4. The highest BCUT2D eigenvalue weighted by molar-refractivity contribution is 5.82. The first-order valence-corrected chi connectivity index (χ1v) is 5.14. The first kappa shape index (κ1) is 8.18. The fraction of sp³-hybridized carbons (Fsp3) is 0.182. The van der Waals surface area contributed by atoms with Gasteiger partial charge >= 0.3 is 0 Å². The summed E-state index contributed by atoms with van der Waals surface area (Å²) in [6, 6.07) is 10.2. The predicted molar refractivity (Wildman–Crippen MR) is 57.0 cm³/mol. The monoisotopic (exact) mass is 212 g/mol. The largest absolute Gasteiger partial charge is 0.368 e. The second-order valence-electron chi connectivity index (χ2n) is 3.92. The Hall–Kier alpha value is -2.01. The van der Waals surface area contributed by atoms with Gasteiger partial charge in [-0.15, -0.1) is 5.10 Å². The van der Waals surface area contributed by atoms with Crippen molar-refractivity contribution < 1.29 is 4.74 Å². The predicted octanol–water partition coefficient (Wildman–Crippen LogP) is 1.35. The highest BCUT2D eigenvalue weighted by atomic mass is 16.6. The van der Waals surface area contributed by atoms with Gasteiger partial charge in [-0.1, -0.05) is 6.07 Å². The minimum atomic E-state index is 0.286. The number of tetrazole rings is 1. The van der Waals surface area contributed by atoms with E-state index in [9.17, 15) is 0 Å². The zero-order chi connectivity index (χ0) is 10.5. The number of nitrogens with zero attached hydrogens (tertiary/aromatic N) is 4. The molecule has 0 amide bonds. The molecule has 1 aliphatic heterocycles. The Morgan fingerprint density at radius 3 is 3.06 bits per heavy atom. The number of rotatable bonds is 1. The van der Waals surface area contributed by atoms with Crippen LogP contribution in [0.25, 0.3) is 16.6 Å². The van der Waals surface area contributed by atoms with Crippen LogP contribution < -0.4 is 0 Å². The van der Waals surface area contributed by atoms with Gasteiger partial charge in [0.2, 0.25) is 0 Å². The molecule has 16 heavy (non-hydrogen) atoms. The van der Waals surface area contributed by atoms with Crippen LogP contribution in [-0.4, -0.2) is 26.6 Å². The first-order chi connectivity index (χ1) is 7.92. The number of benzene rings is 1. The van der Waals surface area contributed by atoms with Crippen LogP contribution in [0, 0.1) is 0 Å². The van der Waals surface area contributed by atoms with Gasteiger partial charge in [-0.05, 0) is 40.3 Å². The van der Waals surface area contributed by atoms with Crippen molar-refractivity contribution in [2.75, 3.05) is 6.61 Å². The summed E-state index contributed by atoms with van der Waals surface area (Å²) >= 11 is 0. The summed E-state index contributed by atoms with van der Waals surface area (Å²) in [5.41, 5.74) is 3.01. The Kier molecular flexibility index (Phi) is 1.41. The van der Waals surface area contributed by atoms with Gasteiger partial charge in [-0.3, -0.25) is 0 Å². The van der Waals surface area contributed by atoms with Crippen LogP contribution in [-0.2, 0) is 4.74 Å². The fourth-order valence-electron chi connectivity index (χ4n) is 1.97. The molecular formula is C11H8N4O. The van der Waals surface area contributed by atoms with Gasteiger partial charge in [-0.2, -0.15) is 4.52 Å². The van der Waals surface area contributed by atoms with Crippen LogP contribution in [0.15, 0.2) is 30.3 Å². The van der Waals surface area contributed by atoms with Gasteiger partial charge in [0, 0.05) is 5.39 Å². The van der Waals surface area contributed by atoms with Crippen molar-refractivity contribution in [2.24, 2.45) is 0 Å². The minimum Gasteiger partial charge on any atom is -0.368 e. The van der Waals surface area contributed by atoms with Gasteiger partial charge in [-0.25, -0.2) is 0 Å². The van der Waals surface area contributed by atoms with E-state index in [4.69, 9.17) is 4.74 Å². The van der Waals surface area contributed by atoms with E-state index in [1.165, 1.54) is 5.56 Å². The van der Waals surface area contributed by atoms with Crippen LogP contribution in [0.1, 0.15) is 11.7 Å². The second kappa shape index (κ2) is 2.76. The smallest absolute Gasteiger partial charge is 0.179 e. The topological polar surface area (TPSA) is 55.6 Å². The van der Waals surface area contributed by atoms with E-state index in [0.717, 1.165) is 23.2 Å². The number of epoxide rings is 1. The van der Waals surface area contributed by atoms with Crippen LogP contribution in [0.4, 0.5) is 0 Å². The maximum absolute atomic E-state index is 5.27. The Morgan fingerprint density at radius 2 is 2.19 bits per heavy atom. The molecule has 0 saturated carbocycles. The van der Waals surface area contributed by atoms with Crippen LogP contribution in [0.3, 0.4) is 0 Å². The van der Waals surface area contributed by atoms with Gasteiger partial charge in [0.15, 0.2) is 5.65 Å². The Bertz CT molecular complexity index is 687. The molecule has 5 heteroatoms. The molecule has 78 valence electrons. The van der Waals surface area contributed by atoms with E-state index in [1.807, 2.05) is 18.2 Å². The maximum atomic E-state index is 5.27. The van der Waals surface area contributed by atoms with E-state index >= 15 is 0 Å². The average molecular weight is 212 g/mol. The lowest BCUT2D eigenvalue weighted by molar-refractivity contribution is 0.416. The van der Waals surface area contributed by atoms with Crippen LogP contribution in [0.5, 0.6) is 0 Å². The standard InChI is InChI=1S/C11H8N4O/c1-3-9-7(5-8(1)10-6-16-10)2-4-11-12-13-14-15(9)11/h1-5,10H,6H2/t10-/m1/s1. The lowest BCUT2D eigenvalue weighted by Crippen LogP contribution is -1.91. The molecule has 0 N–H and O–H groups in total. The normalized spacial score (nSPS) is 19.4. The summed E-state index contributed by atoms with van der Waals surface area (Å²) in [6.07, 6.45) is 0.286. The van der Waals surface area contributed by atoms with E-state index in [-0.39, 0.29) is 6.10 Å². The third-order valence-corrected chi connectivity index (χ3v) is 2.89. The molecule has 2 aromatic heterocycles. The molecule has 3 heterocycles. The highest BCUT2D eigenvalue weighted by Gasteiger charge is 2.24. The number of pyridine rings is 1. The van der Waals surface area contributed by atoms with Crippen molar-refractivity contribution in [1.29, 1.82) is 0 Å². The van der Waals surface area contributed by atoms with Crippen molar-refractivity contribution in [3.05, 3.63) is 35.9 Å². The summed E-state index contributed by atoms with van der Waals surface area (Å²) in [6.45, 7) is 0.832. The average Bonchev–Trinajstić information content (AvgIpc) is 3.06. The number of ether oxygens (including phenoxy) is 1. The summed E-state index contributed by atoms with van der Waals surface area (Å²) in [4.78, 5) is 0. The Balaban J connectivity index is 2.07. The van der Waals surface area contributed by atoms with Crippen LogP contribution >= 0.6 is 0 Å². The van der Waals surface area contributed by atoms with Crippen molar-refractivity contribution in [3.63, 3.8) is 0 Å². The number of fused-ring (bicyclic) bond motifs is 3. The van der Waals surface area contributed by atoms with E-state index in [1.54, 1.807) is 4.52 Å². The third kappa shape index (κ3) is 1.06. The van der Waals surface area contributed by atoms with Crippen molar-refractivity contribution >= 4 is 16.6 Å². The quantitative estimate of drug-likeness (QED) is 0.571. The Morgan fingerprint density at radius 1 is 1.25 bits per heavy atom. The molecule has 5 nitrogen and oxygen atoms in total.